The molecule has 2 saturated heterocycles. The Labute approximate surface area is 204 Å². The van der Waals surface area contributed by atoms with Crippen molar-refractivity contribution in [3.8, 4) is 22.6 Å². The number of ether oxygens (including phenoxy) is 1. The molecule has 0 amide bonds. The quantitative estimate of drug-likeness (QED) is 0.339. The summed E-state index contributed by atoms with van der Waals surface area (Å²) in [4.78, 5) is 11.4. The summed E-state index contributed by atoms with van der Waals surface area (Å²) in [5, 5.41) is 20.5. The number of phenols is 1. The fourth-order valence-electron chi connectivity index (χ4n) is 5.80. The van der Waals surface area contributed by atoms with E-state index >= 15 is 0 Å². The van der Waals surface area contributed by atoms with Crippen LogP contribution in [0.25, 0.3) is 27.7 Å². The number of benzene rings is 3. The molecule has 5 nitrogen and oxygen atoms in total. The highest BCUT2D eigenvalue weighted by Crippen LogP contribution is 2.50. The van der Waals surface area contributed by atoms with Gasteiger partial charge in [-0.15, -0.1) is 0 Å². The third kappa shape index (κ3) is 3.55. The first-order valence-corrected chi connectivity index (χ1v) is 11.8. The van der Waals surface area contributed by atoms with E-state index in [1.54, 1.807) is 16.7 Å². The minimum Gasteiger partial charge on any atom is -0.504 e. The highest BCUT2D eigenvalue weighted by atomic mass is 19.2. The van der Waals surface area contributed by atoms with Gasteiger partial charge in [0.05, 0.1) is 28.7 Å². The van der Waals surface area contributed by atoms with Crippen LogP contribution in [0.15, 0.2) is 54.6 Å². The van der Waals surface area contributed by atoms with Gasteiger partial charge in [0.15, 0.2) is 23.2 Å². The Kier molecular flexibility index (Phi) is 5.30. The molecule has 6 rings (SSSR count). The maximum absolute atomic E-state index is 14.7. The van der Waals surface area contributed by atoms with Crippen LogP contribution in [0.2, 0.25) is 0 Å². The fraction of sp³-hybridized carbons (Fsp3) is 0.250. The Bertz CT molecular complexity index is 1500. The summed E-state index contributed by atoms with van der Waals surface area (Å²) in [6.07, 6.45) is 3.32. The molecule has 2 aliphatic rings. The molecule has 4 aromatic rings. The fourth-order valence-corrected chi connectivity index (χ4v) is 5.80. The van der Waals surface area contributed by atoms with Crippen LogP contribution in [-0.4, -0.2) is 33.0 Å². The maximum atomic E-state index is 14.7. The van der Waals surface area contributed by atoms with Crippen molar-refractivity contribution in [2.45, 2.75) is 43.8 Å². The number of nitrogens with zero attached hydrogens (tertiary/aromatic N) is 1. The van der Waals surface area contributed by atoms with E-state index in [-0.39, 0.29) is 29.1 Å². The van der Waals surface area contributed by atoms with Crippen LogP contribution < -0.4 is 0 Å². The molecule has 0 spiro atoms. The van der Waals surface area contributed by atoms with E-state index < -0.39 is 29.2 Å². The van der Waals surface area contributed by atoms with Gasteiger partial charge in [-0.25, -0.2) is 18.0 Å². The number of aromatic nitrogens is 1. The van der Waals surface area contributed by atoms with E-state index in [2.05, 4.69) is 0 Å². The van der Waals surface area contributed by atoms with Crippen LogP contribution in [0.1, 0.15) is 47.7 Å². The Balaban J connectivity index is 1.70. The zero-order chi connectivity index (χ0) is 25.1. The van der Waals surface area contributed by atoms with Gasteiger partial charge in [-0.3, -0.25) is 0 Å². The maximum Gasteiger partial charge on any atom is 0.335 e. The SMILES string of the molecule is O=C(O)c1ccc(-c2c(C3CC4CCC(C3)O4)n(-c3ccc(F)c(F)c3)c3ccc(F)c(O)c23)cc1. The third-order valence-electron chi connectivity index (χ3n) is 7.35. The number of aromatic hydroxyl groups is 1. The van der Waals surface area contributed by atoms with Crippen LogP contribution in [0.3, 0.4) is 0 Å². The molecule has 0 saturated carbocycles. The second kappa shape index (κ2) is 8.41. The van der Waals surface area contributed by atoms with E-state index in [9.17, 15) is 28.2 Å². The number of carboxylic acids is 1. The average Bonchev–Trinajstić information content (AvgIpc) is 3.40. The average molecular weight is 493 g/mol. The summed E-state index contributed by atoms with van der Waals surface area (Å²) in [5.74, 6) is -4.53. The van der Waals surface area contributed by atoms with Crippen molar-refractivity contribution in [1.29, 1.82) is 0 Å². The van der Waals surface area contributed by atoms with E-state index in [0.717, 1.165) is 36.7 Å². The summed E-state index contributed by atoms with van der Waals surface area (Å²) in [5.41, 5.74) is 2.71. The predicted octanol–water partition coefficient (Wildman–Crippen LogP) is 6.54. The molecule has 3 aromatic carbocycles. The molecule has 0 aliphatic carbocycles. The van der Waals surface area contributed by atoms with E-state index in [4.69, 9.17) is 4.74 Å². The molecular weight excluding hydrogens is 471 g/mol. The lowest BCUT2D eigenvalue weighted by molar-refractivity contribution is -0.00449. The molecule has 1 aromatic heterocycles. The van der Waals surface area contributed by atoms with Gasteiger partial charge >= 0.3 is 5.97 Å². The normalized spacial score (nSPS) is 21.2. The highest BCUT2D eigenvalue weighted by molar-refractivity contribution is 6.04. The largest absolute Gasteiger partial charge is 0.504 e. The molecule has 184 valence electrons. The lowest BCUT2D eigenvalue weighted by Crippen LogP contribution is -2.25. The molecule has 2 aliphatic heterocycles. The van der Waals surface area contributed by atoms with Crippen molar-refractivity contribution in [3.05, 3.63) is 83.3 Å². The van der Waals surface area contributed by atoms with Crippen LogP contribution in [-0.2, 0) is 4.74 Å². The standard InChI is InChI=1S/C28H22F3NO4/c29-20-8-5-17(13-22(20)31)32-23-10-9-21(30)27(33)25(23)24(14-1-3-15(4-2-14)28(34)35)26(32)16-11-18-6-7-19(12-16)36-18/h1-5,8-10,13,16,18-19,33H,6-7,11-12H2,(H,34,35). The van der Waals surface area contributed by atoms with Crippen molar-refractivity contribution < 1.29 is 32.9 Å². The van der Waals surface area contributed by atoms with Gasteiger partial charge in [0.1, 0.15) is 0 Å². The van der Waals surface area contributed by atoms with Crippen molar-refractivity contribution in [1.82, 2.24) is 4.57 Å². The first kappa shape index (κ1) is 22.7. The molecule has 2 fully saturated rings. The Morgan fingerprint density at radius 1 is 0.889 bits per heavy atom. The number of phenolic OH excluding ortho intramolecular Hbond substituents is 1. The van der Waals surface area contributed by atoms with Gasteiger partial charge in [-0.05, 0) is 67.6 Å². The lowest BCUT2D eigenvalue weighted by Gasteiger charge is -2.30. The number of hydrogen-bond donors (Lipinski definition) is 2. The molecule has 0 radical (unpaired) electrons. The third-order valence-corrected chi connectivity index (χ3v) is 7.35. The van der Waals surface area contributed by atoms with E-state index in [1.165, 1.54) is 24.3 Å². The van der Waals surface area contributed by atoms with Gasteiger partial charge in [0, 0.05) is 28.9 Å². The molecule has 2 bridgehead atoms. The van der Waals surface area contributed by atoms with Crippen LogP contribution in [0.4, 0.5) is 13.2 Å². The van der Waals surface area contributed by atoms with Crippen molar-refractivity contribution in [3.63, 3.8) is 0 Å². The summed E-state index contributed by atoms with van der Waals surface area (Å²) < 4.78 is 50.7. The number of halogens is 3. The van der Waals surface area contributed by atoms with Crippen LogP contribution >= 0.6 is 0 Å². The van der Waals surface area contributed by atoms with Crippen LogP contribution in [0.5, 0.6) is 5.75 Å². The summed E-state index contributed by atoms with van der Waals surface area (Å²) in [6.45, 7) is 0. The minimum absolute atomic E-state index is 0.0535. The molecule has 8 heteroatoms. The second-order valence-corrected chi connectivity index (χ2v) is 9.49. The minimum atomic E-state index is -1.08. The van der Waals surface area contributed by atoms with Crippen molar-refractivity contribution in [2.24, 2.45) is 0 Å². The first-order valence-electron chi connectivity index (χ1n) is 11.8. The number of aromatic carboxylic acids is 1. The molecule has 3 heterocycles. The van der Waals surface area contributed by atoms with Gasteiger partial charge in [-0.2, -0.15) is 0 Å². The smallest absolute Gasteiger partial charge is 0.335 e. The first-order chi connectivity index (χ1) is 17.3. The zero-order valence-electron chi connectivity index (χ0n) is 19.0. The van der Waals surface area contributed by atoms with E-state index in [1.807, 2.05) is 0 Å². The topological polar surface area (TPSA) is 71.7 Å². The summed E-state index contributed by atoms with van der Waals surface area (Å²) in [7, 11) is 0. The molecule has 2 N–H and O–H groups in total. The predicted molar refractivity (Wildman–Crippen MR) is 127 cm³/mol. The number of rotatable bonds is 4. The number of fused-ring (bicyclic) bond motifs is 3. The molecule has 36 heavy (non-hydrogen) atoms. The van der Waals surface area contributed by atoms with Gasteiger partial charge in [0.2, 0.25) is 0 Å². The Hall–Kier alpha value is -3.78. The van der Waals surface area contributed by atoms with Gasteiger partial charge in [0.25, 0.3) is 0 Å². The second-order valence-electron chi connectivity index (χ2n) is 9.49. The van der Waals surface area contributed by atoms with E-state index in [0.29, 0.717) is 35.2 Å². The zero-order valence-corrected chi connectivity index (χ0v) is 19.0. The Morgan fingerprint density at radius 2 is 1.56 bits per heavy atom. The number of carbonyl (C=O) groups is 1. The molecule has 2 unspecified atom stereocenters. The van der Waals surface area contributed by atoms with Crippen LogP contribution in [0, 0.1) is 17.5 Å². The highest BCUT2D eigenvalue weighted by Gasteiger charge is 2.39. The van der Waals surface area contributed by atoms with Gasteiger partial charge < -0.3 is 19.5 Å². The number of carboxylic acid groups (broad SMARTS) is 1. The lowest BCUT2D eigenvalue weighted by atomic mass is 9.87. The molecule has 2 atom stereocenters. The number of hydrogen-bond acceptors (Lipinski definition) is 3. The summed E-state index contributed by atoms with van der Waals surface area (Å²) in [6, 6.07) is 12.4. The van der Waals surface area contributed by atoms with Crippen molar-refractivity contribution in [2.75, 3.05) is 0 Å². The van der Waals surface area contributed by atoms with Gasteiger partial charge in [-0.1, -0.05) is 12.1 Å². The summed E-state index contributed by atoms with van der Waals surface area (Å²) >= 11 is 0. The Morgan fingerprint density at radius 3 is 2.19 bits per heavy atom. The monoisotopic (exact) mass is 493 g/mol. The molecular formula is C28H22F3NO4. The van der Waals surface area contributed by atoms with Crippen molar-refractivity contribution >= 4 is 16.9 Å².